The van der Waals surface area contributed by atoms with Crippen LogP contribution in [0.5, 0.6) is 5.75 Å². The summed E-state index contributed by atoms with van der Waals surface area (Å²) in [5.74, 6) is 0.428. The van der Waals surface area contributed by atoms with Gasteiger partial charge in [-0.05, 0) is 25.0 Å². The van der Waals surface area contributed by atoms with Gasteiger partial charge in [0.05, 0.1) is 13.2 Å². The van der Waals surface area contributed by atoms with Gasteiger partial charge in [0.15, 0.2) is 5.60 Å². The number of hydrogen-bond acceptors (Lipinski definition) is 7. The zero-order valence-corrected chi connectivity index (χ0v) is 17.7. The van der Waals surface area contributed by atoms with E-state index in [1.807, 2.05) is 4.98 Å². The molecule has 0 bridgehead atoms. The number of nitrogens with one attached hydrogen (secondary N) is 2. The minimum absolute atomic E-state index is 0.0647. The van der Waals surface area contributed by atoms with Crippen LogP contribution in [0.25, 0.3) is 0 Å². The Morgan fingerprint density at radius 3 is 2.81 bits per heavy atom. The van der Waals surface area contributed by atoms with Crippen LogP contribution in [0.15, 0.2) is 46.1 Å². The number of para-hydroxylation sites is 1. The monoisotopic (exact) mass is 477 g/mol. The topological polar surface area (TPSA) is 112 Å². The lowest BCUT2D eigenvalue weighted by atomic mass is 10.0. The molecule has 31 heavy (non-hydrogen) atoms. The smallest absolute Gasteiger partial charge is 0.330 e. The van der Waals surface area contributed by atoms with E-state index in [9.17, 15) is 23.2 Å². The summed E-state index contributed by atoms with van der Waals surface area (Å²) in [6, 6.07) is 8.53. The highest BCUT2D eigenvalue weighted by Crippen LogP contribution is 2.44. The molecule has 1 aliphatic heterocycles. The van der Waals surface area contributed by atoms with Gasteiger partial charge in [0.25, 0.3) is 12.0 Å². The molecular weight excluding hydrogens is 459 g/mol. The number of nitrogens with zero attached hydrogens (tertiary/aromatic N) is 1. The fourth-order valence-corrected chi connectivity index (χ4v) is 4.15. The van der Waals surface area contributed by atoms with Gasteiger partial charge >= 0.3 is 14.2 Å². The van der Waals surface area contributed by atoms with Crippen molar-refractivity contribution < 1.29 is 27.4 Å². The van der Waals surface area contributed by atoms with Gasteiger partial charge in [0, 0.05) is 6.20 Å². The third-order valence-electron chi connectivity index (χ3n) is 4.48. The minimum atomic E-state index is -2.94. The fraction of sp³-hybridized carbons (Fsp3) is 0.389. The van der Waals surface area contributed by atoms with Crippen LogP contribution < -0.4 is 20.9 Å². The first kappa shape index (κ1) is 23.5. The number of ether oxygens (including phenoxy) is 1. The molecule has 0 saturated carbocycles. The Morgan fingerprint density at radius 1 is 1.39 bits per heavy atom. The lowest BCUT2D eigenvalue weighted by molar-refractivity contribution is -0.165. The molecule has 2 aromatic rings. The number of carbonyl (C=O) groups excluding carboxylic acids is 1. The van der Waals surface area contributed by atoms with Crippen LogP contribution in [0.2, 0.25) is 5.02 Å². The summed E-state index contributed by atoms with van der Waals surface area (Å²) in [5.41, 5.74) is -3.63. The average Bonchev–Trinajstić information content (AvgIpc) is 3.19. The van der Waals surface area contributed by atoms with Gasteiger partial charge in [0.1, 0.15) is 23.3 Å². The van der Waals surface area contributed by atoms with Crippen molar-refractivity contribution in [3.8, 4) is 5.75 Å². The second-order valence-corrected chi connectivity index (χ2v) is 8.26. The summed E-state index contributed by atoms with van der Waals surface area (Å²) in [4.78, 5) is 36.2. The SMILES string of the molecule is O=CCNP(OCC1(C(F)F)CCC(n2cc(Cl)c(=O)[nH]c2=O)O1)Oc1ccccc1. The number of alkyl halides is 2. The van der Waals surface area contributed by atoms with Crippen LogP contribution in [-0.2, 0) is 14.1 Å². The Hall–Kier alpha value is -2.17. The molecule has 13 heteroatoms. The number of aldehydes is 1. The van der Waals surface area contributed by atoms with Crippen molar-refractivity contribution in [3.05, 3.63) is 62.4 Å². The largest absolute Gasteiger partial charge is 0.436 e. The number of benzene rings is 1. The molecule has 9 nitrogen and oxygen atoms in total. The Morgan fingerprint density at radius 2 is 2.13 bits per heavy atom. The number of halogens is 3. The van der Waals surface area contributed by atoms with Gasteiger partial charge in [-0.15, -0.1) is 0 Å². The van der Waals surface area contributed by atoms with E-state index in [2.05, 4.69) is 5.09 Å². The molecule has 2 heterocycles. The van der Waals surface area contributed by atoms with Crippen LogP contribution in [0, 0.1) is 0 Å². The molecule has 3 unspecified atom stereocenters. The molecule has 1 aromatic heterocycles. The highest BCUT2D eigenvalue weighted by Gasteiger charge is 2.49. The van der Waals surface area contributed by atoms with E-state index in [0.29, 0.717) is 12.0 Å². The van der Waals surface area contributed by atoms with Crippen molar-refractivity contribution in [2.24, 2.45) is 0 Å². The maximum absolute atomic E-state index is 14.0. The third kappa shape index (κ3) is 5.75. The standard InChI is InChI=1S/C18H19ClF2N3O6P/c19-13-10-24(17(27)23-15(13)26)14-6-7-18(29-14,16(20)21)11-28-31(22-8-9-25)30-12-4-2-1-3-5-12/h1-5,9-10,14,16,22H,6-8,11H2,(H,23,26,27). The van der Waals surface area contributed by atoms with Crippen molar-refractivity contribution in [1.29, 1.82) is 0 Å². The zero-order valence-electron chi connectivity index (χ0n) is 16.0. The van der Waals surface area contributed by atoms with Crippen molar-refractivity contribution >= 4 is 26.4 Å². The average molecular weight is 478 g/mol. The van der Waals surface area contributed by atoms with Gasteiger partial charge in [-0.3, -0.25) is 14.3 Å². The maximum atomic E-state index is 14.0. The molecule has 2 N–H and O–H groups in total. The van der Waals surface area contributed by atoms with E-state index in [-0.39, 0.29) is 24.4 Å². The summed E-state index contributed by atoms with van der Waals surface area (Å²) in [7, 11) is -1.93. The van der Waals surface area contributed by atoms with Gasteiger partial charge in [0.2, 0.25) is 0 Å². The van der Waals surface area contributed by atoms with Gasteiger partial charge in [-0.1, -0.05) is 29.8 Å². The summed E-state index contributed by atoms with van der Waals surface area (Å²) < 4.78 is 45.6. The Balaban J connectivity index is 1.73. The molecule has 1 saturated heterocycles. The number of hydrogen-bond donors (Lipinski definition) is 2. The van der Waals surface area contributed by atoms with E-state index < -0.39 is 44.6 Å². The lowest BCUT2D eigenvalue weighted by Crippen LogP contribution is -2.43. The van der Waals surface area contributed by atoms with E-state index in [1.54, 1.807) is 30.3 Å². The van der Waals surface area contributed by atoms with Crippen LogP contribution >= 0.6 is 20.1 Å². The number of carbonyl (C=O) groups is 1. The van der Waals surface area contributed by atoms with Crippen LogP contribution in [-0.4, -0.2) is 41.0 Å². The molecular formula is C18H19ClF2N3O6P. The Kier molecular flexibility index (Phi) is 7.90. The van der Waals surface area contributed by atoms with E-state index in [4.69, 9.17) is 25.4 Å². The minimum Gasteiger partial charge on any atom is -0.436 e. The maximum Gasteiger partial charge on any atom is 0.330 e. The first-order valence-electron chi connectivity index (χ1n) is 9.15. The van der Waals surface area contributed by atoms with Crippen molar-refractivity contribution in [2.45, 2.75) is 31.1 Å². The highest BCUT2D eigenvalue weighted by atomic mass is 35.5. The van der Waals surface area contributed by atoms with Gasteiger partial charge < -0.3 is 18.6 Å². The summed E-state index contributed by atoms with van der Waals surface area (Å²) >= 11 is 5.74. The molecule has 168 valence electrons. The molecule has 3 atom stereocenters. The summed E-state index contributed by atoms with van der Waals surface area (Å²) in [6.45, 7) is -0.660. The molecule has 1 aliphatic rings. The normalized spacial score (nSPS) is 21.9. The van der Waals surface area contributed by atoms with E-state index >= 15 is 0 Å². The first-order valence-corrected chi connectivity index (χ1v) is 10.7. The summed E-state index contributed by atoms with van der Waals surface area (Å²) in [5, 5.41) is 2.43. The molecule has 0 radical (unpaired) electrons. The first-order chi connectivity index (χ1) is 14.8. The molecule has 0 amide bonds. The van der Waals surface area contributed by atoms with Crippen molar-refractivity contribution in [2.75, 3.05) is 13.2 Å². The molecule has 1 aromatic carbocycles. The van der Waals surface area contributed by atoms with Crippen LogP contribution in [0.3, 0.4) is 0 Å². The van der Waals surface area contributed by atoms with Crippen molar-refractivity contribution in [3.63, 3.8) is 0 Å². The van der Waals surface area contributed by atoms with Crippen molar-refractivity contribution in [1.82, 2.24) is 14.6 Å². The third-order valence-corrected chi connectivity index (χ3v) is 5.93. The predicted molar refractivity (Wildman–Crippen MR) is 108 cm³/mol. The zero-order chi connectivity index (χ0) is 22.4. The second-order valence-electron chi connectivity index (χ2n) is 6.58. The van der Waals surface area contributed by atoms with E-state index in [0.717, 1.165) is 10.8 Å². The van der Waals surface area contributed by atoms with Crippen LogP contribution in [0.1, 0.15) is 19.1 Å². The number of aromatic amines is 1. The molecule has 1 fully saturated rings. The van der Waals surface area contributed by atoms with E-state index in [1.165, 1.54) is 0 Å². The molecule has 3 rings (SSSR count). The summed E-state index contributed by atoms with van der Waals surface area (Å²) in [6.07, 6.45) is -2.43. The Labute approximate surface area is 181 Å². The fourth-order valence-electron chi connectivity index (χ4n) is 2.92. The molecule has 0 aliphatic carbocycles. The quantitative estimate of drug-likeness (QED) is 0.399. The number of aromatic nitrogens is 2. The highest BCUT2D eigenvalue weighted by molar-refractivity contribution is 7.45. The number of rotatable bonds is 10. The van der Waals surface area contributed by atoms with Gasteiger partial charge in [-0.25, -0.2) is 18.7 Å². The Bertz CT molecular complexity index is 1010. The second kappa shape index (κ2) is 10.4. The van der Waals surface area contributed by atoms with Crippen LogP contribution in [0.4, 0.5) is 8.78 Å². The lowest BCUT2D eigenvalue weighted by Gasteiger charge is -2.30. The molecule has 0 spiro atoms. The van der Waals surface area contributed by atoms with Gasteiger partial charge in [-0.2, -0.15) is 0 Å². The number of H-pyrrole nitrogens is 1. The predicted octanol–water partition coefficient (Wildman–Crippen LogP) is 2.61.